The monoisotopic (exact) mass is 234 g/mol. The molecule has 1 aromatic rings. The van der Waals surface area contributed by atoms with E-state index < -0.39 is 5.60 Å². The summed E-state index contributed by atoms with van der Waals surface area (Å²) in [6, 6.07) is 6.09. The average Bonchev–Trinajstić information content (AvgIpc) is 2.69. The molecule has 0 aliphatic heterocycles. The normalized spacial score (nSPS) is 22.9. The molecule has 0 spiro atoms. The summed E-state index contributed by atoms with van der Waals surface area (Å²) >= 11 is 0. The molecule has 1 aliphatic carbocycles. The zero-order valence-electron chi connectivity index (χ0n) is 11.0. The van der Waals surface area contributed by atoms with Crippen molar-refractivity contribution in [1.82, 2.24) is 0 Å². The highest BCUT2D eigenvalue weighted by atomic mass is 16.5. The molecule has 2 nitrogen and oxygen atoms in total. The summed E-state index contributed by atoms with van der Waals surface area (Å²) in [4.78, 5) is 0. The van der Waals surface area contributed by atoms with Crippen LogP contribution in [0, 0.1) is 5.92 Å². The van der Waals surface area contributed by atoms with Crippen molar-refractivity contribution in [3.63, 3.8) is 0 Å². The van der Waals surface area contributed by atoms with Gasteiger partial charge in [0.25, 0.3) is 0 Å². The van der Waals surface area contributed by atoms with E-state index in [0.29, 0.717) is 5.92 Å². The Kier molecular flexibility index (Phi) is 3.43. The first-order chi connectivity index (χ1) is 8.15. The van der Waals surface area contributed by atoms with Gasteiger partial charge in [0.1, 0.15) is 5.75 Å². The number of aryl methyl sites for hydroxylation is 1. The van der Waals surface area contributed by atoms with Crippen LogP contribution < -0.4 is 4.74 Å². The third-order valence-corrected chi connectivity index (χ3v) is 4.22. The van der Waals surface area contributed by atoms with Gasteiger partial charge < -0.3 is 9.84 Å². The van der Waals surface area contributed by atoms with Crippen molar-refractivity contribution in [3.8, 4) is 5.75 Å². The lowest BCUT2D eigenvalue weighted by atomic mass is 9.79. The Hall–Kier alpha value is -1.02. The van der Waals surface area contributed by atoms with E-state index in [1.54, 1.807) is 7.11 Å². The molecule has 0 saturated heterocycles. The quantitative estimate of drug-likeness (QED) is 0.866. The van der Waals surface area contributed by atoms with Gasteiger partial charge >= 0.3 is 0 Å². The predicted octanol–water partition coefficient (Wildman–Crippen LogP) is 3.27. The first-order valence-electron chi connectivity index (χ1n) is 6.55. The highest BCUT2D eigenvalue weighted by Crippen LogP contribution is 2.45. The number of hydrogen-bond acceptors (Lipinski definition) is 2. The molecule has 0 amide bonds. The van der Waals surface area contributed by atoms with Gasteiger partial charge in [-0.1, -0.05) is 32.8 Å². The molecular formula is C15H22O2. The average molecular weight is 234 g/mol. The van der Waals surface area contributed by atoms with Crippen LogP contribution in [0.2, 0.25) is 0 Å². The van der Waals surface area contributed by atoms with Crippen molar-refractivity contribution in [3.05, 3.63) is 29.3 Å². The minimum atomic E-state index is -0.645. The van der Waals surface area contributed by atoms with E-state index in [2.05, 4.69) is 19.9 Å². The molecule has 1 unspecified atom stereocenters. The summed E-state index contributed by atoms with van der Waals surface area (Å²) in [5.41, 5.74) is 1.72. The maximum absolute atomic E-state index is 11.0. The highest BCUT2D eigenvalue weighted by Gasteiger charge is 2.41. The smallest absolute Gasteiger partial charge is 0.119 e. The molecule has 2 heteroatoms. The highest BCUT2D eigenvalue weighted by molar-refractivity contribution is 5.43. The lowest BCUT2D eigenvalue weighted by Crippen LogP contribution is -2.32. The van der Waals surface area contributed by atoms with Crippen LogP contribution in [0.25, 0.3) is 0 Å². The summed E-state index contributed by atoms with van der Waals surface area (Å²) in [5.74, 6) is 1.19. The largest absolute Gasteiger partial charge is 0.497 e. The molecule has 0 saturated carbocycles. The van der Waals surface area contributed by atoms with Crippen molar-refractivity contribution in [2.24, 2.45) is 5.92 Å². The minimum absolute atomic E-state index is 0.343. The van der Waals surface area contributed by atoms with E-state index in [0.717, 1.165) is 37.0 Å². The van der Waals surface area contributed by atoms with Crippen molar-refractivity contribution < 1.29 is 9.84 Å². The van der Waals surface area contributed by atoms with Crippen LogP contribution in [0.5, 0.6) is 5.75 Å². The molecular weight excluding hydrogens is 212 g/mol. The van der Waals surface area contributed by atoms with Crippen LogP contribution in [-0.2, 0) is 12.0 Å². The summed E-state index contributed by atoms with van der Waals surface area (Å²) in [5, 5.41) is 11.0. The molecule has 0 bridgehead atoms. The molecule has 0 aromatic heterocycles. The van der Waals surface area contributed by atoms with Gasteiger partial charge in [-0.3, -0.25) is 0 Å². The fourth-order valence-corrected chi connectivity index (χ4v) is 3.15. The first-order valence-corrected chi connectivity index (χ1v) is 6.55. The summed E-state index contributed by atoms with van der Waals surface area (Å²) in [6.07, 6.45) is 3.86. The van der Waals surface area contributed by atoms with Crippen LogP contribution >= 0.6 is 0 Å². The number of methoxy groups -OCH3 is 1. The first kappa shape index (κ1) is 12.4. The number of ether oxygens (including phenoxy) is 1. The van der Waals surface area contributed by atoms with Gasteiger partial charge in [0.05, 0.1) is 12.7 Å². The number of benzene rings is 1. The van der Waals surface area contributed by atoms with Gasteiger partial charge in [-0.05, 0) is 42.0 Å². The van der Waals surface area contributed by atoms with Gasteiger partial charge in [0.2, 0.25) is 0 Å². The van der Waals surface area contributed by atoms with Gasteiger partial charge in [-0.15, -0.1) is 0 Å². The van der Waals surface area contributed by atoms with E-state index in [1.807, 2.05) is 12.1 Å². The molecule has 94 valence electrons. The van der Waals surface area contributed by atoms with Crippen LogP contribution in [0.3, 0.4) is 0 Å². The Balaban J connectivity index is 2.43. The van der Waals surface area contributed by atoms with Crippen molar-refractivity contribution in [2.45, 2.75) is 45.1 Å². The van der Waals surface area contributed by atoms with E-state index in [-0.39, 0.29) is 0 Å². The van der Waals surface area contributed by atoms with Crippen LogP contribution in [0.15, 0.2) is 18.2 Å². The molecule has 17 heavy (non-hydrogen) atoms. The Morgan fingerprint density at radius 3 is 2.65 bits per heavy atom. The van der Waals surface area contributed by atoms with E-state index in [4.69, 9.17) is 4.74 Å². The zero-order valence-corrected chi connectivity index (χ0v) is 11.0. The number of hydrogen-bond donors (Lipinski definition) is 1. The molecule has 1 aliphatic rings. The van der Waals surface area contributed by atoms with Crippen molar-refractivity contribution in [2.75, 3.05) is 7.11 Å². The number of rotatable bonds is 4. The van der Waals surface area contributed by atoms with Crippen molar-refractivity contribution in [1.29, 1.82) is 0 Å². The predicted molar refractivity (Wildman–Crippen MR) is 69.3 cm³/mol. The Morgan fingerprint density at radius 2 is 2.06 bits per heavy atom. The van der Waals surface area contributed by atoms with Crippen molar-refractivity contribution >= 4 is 0 Å². The zero-order chi connectivity index (χ0) is 12.5. The van der Waals surface area contributed by atoms with Gasteiger partial charge in [0.15, 0.2) is 0 Å². The molecule has 1 N–H and O–H groups in total. The Labute approximate surface area is 104 Å². The van der Waals surface area contributed by atoms with Crippen LogP contribution in [0.4, 0.5) is 0 Å². The summed E-state index contributed by atoms with van der Waals surface area (Å²) in [6.45, 7) is 4.31. The van der Waals surface area contributed by atoms with Gasteiger partial charge in [-0.25, -0.2) is 0 Å². The summed E-state index contributed by atoms with van der Waals surface area (Å²) in [7, 11) is 1.67. The molecule has 0 radical (unpaired) electrons. The third-order valence-electron chi connectivity index (χ3n) is 4.22. The molecule has 2 rings (SSSR count). The van der Waals surface area contributed by atoms with Crippen LogP contribution in [-0.4, -0.2) is 12.2 Å². The molecule has 0 heterocycles. The lowest BCUT2D eigenvalue weighted by molar-refractivity contribution is -0.0259. The van der Waals surface area contributed by atoms with E-state index >= 15 is 0 Å². The Morgan fingerprint density at radius 1 is 1.35 bits per heavy atom. The van der Waals surface area contributed by atoms with E-state index in [1.165, 1.54) is 5.56 Å². The maximum Gasteiger partial charge on any atom is 0.119 e. The Bertz CT molecular complexity index is 396. The van der Waals surface area contributed by atoms with E-state index in [9.17, 15) is 5.11 Å². The van der Waals surface area contributed by atoms with Gasteiger partial charge in [-0.2, -0.15) is 0 Å². The molecule has 0 fully saturated rings. The fraction of sp³-hybridized carbons (Fsp3) is 0.600. The topological polar surface area (TPSA) is 29.5 Å². The second-order valence-electron chi connectivity index (χ2n) is 4.96. The summed E-state index contributed by atoms with van der Waals surface area (Å²) < 4.78 is 5.27. The number of aliphatic hydroxyl groups is 1. The minimum Gasteiger partial charge on any atom is -0.497 e. The standard InChI is InChI=1S/C15H22O2/c1-4-12(5-2)15(16)9-8-11-6-7-13(17-3)10-14(11)15/h6-7,10,12,16H,4-5,8-9H2,1-3H3. The third kappa shape index (κ3) is 1.95. The molecule has 1 aromatic carbocycles. The van der Waals surface area contributed by atoms with Crippen LogP contribution in [0.1, 0.15) is 44.2 Å². The maximum atomic E-state index is 11.0. The lowest BCUT2D eigenvalue weighted by Gasteiger charge is -2.32. The van der Waals surface area contributed by atoms with Gasteiger partial charge in [0, 0.05) is 0 Å². The fourth-order valence-electron chi connectivity index (χ4n) is 3.15. The SMILES string of the molecule is CCC(CC)C1(O)CCc2ccc(OC)cc21. The number of fused-ring (bicyclic) bond motifs is 1. The second kappa shape index (κ2) is 4.69. The second-order valence-corrected chi connectivity index (χ2v) is 4.96. The molecule has 1 atom stereocenters.